The molecule has 4 atom stereocenters. The number of benzene rings is 1. The van der Waals surface area contributed by atoms with Crippen LogP contribution in [0.3, 0.4) is 0 Å². The highest BCUT2D eigenvalue weighted by atomic mass is 35.5. The van der Waals surface area contributed by atoms with E-state index in [0.717, 1.165) is 0 Å². The van der Waals surface area contributed by atoms with Crippen LogP contribution in [0.15, 0.2) is 36.4 Å². The predicted octanol–water partition coefficient (Wildman–Crippen LogP) is 2.51. The number of hydrogen-bond acceptors (Lipinski definition) is 5. The number of aliphatic hydroxyl groups excluding tert-OH is 2. The molecule has 0 heterocycles. The molecule has 26 heavy (non-hydrogen) atoms. The van der Waals surface area contributed by atoms with Gasteiger partial charge in [0.25, 0.3) is 0 Å². The quantitative estimate of drug-likeness (QED) is 0.536. The second-order valence-electron chi connectivity index (χ2n) is 6.37. The Morgan fingerprint density at radius 1 is 1.38 bits per heavy atom. The number of carbonyl (C=O) groups is 1. The van der Waals surface area contributed by atoms with E-state index in [2.05, 4.69) is 0 Å². The van der Waals surface area contributed by atoms with E-state index >= 15 is 0 Å². The number of hydrogen-bond donors (Lipinski definition) is 3. The summed E-state index contributed by atoms with van der Waals surface area (Å²) in [5.74, 6) is -0.573. The van der Waals surface area contributed by atoms with Crippen LogP contribution < -0.4 is 4.74 Å². The molecule has 1 aromatic carbocycles. The fraction of sp³-hybridized carbons (Fsp3) is 0.526. The van der Waals surface area contributed by atoms with E-state index < -0.39 is 18.2 Å². The summed E-state index contributed by atoms with van der Waals surface area (Å²) >= 11 is 5.93. The molecule has 1 saturated carbocycles. The lowest BCUT2D eigenvalue weighted by atomic mass is 9.91. The van der Waals surface area contributed by atoms with Crippen LogP contribution in [0.4, 0.5) is 0 Å². The highest BCUT2D eigenvalue weighted by Crippen LogP contribution is 2.35. The number of carboxylic acid groups (broad SMARTS) is 1. The maximum absolute atomic E-state index is 11.0. The first-order valence-electron chi connectivity index (χ1n) is 8.68. The van der Waals surface area contributed by atoms with E-state index in [1.54, 1.807) is 30.3 Å². The molecule has 1 aliphatic rings. The van der Waals surface area contributed by atoms with E-state index in [9.17, 15) is 9.90 Å². The molecular formula is C19H25ClO6. The Hall–Kier alpha value is -1.60. The van der Waals surface area contributed by atoms with Crippen LogP contribution in [0, 0.1) is 11.8 Å². The maximum Gasteiger partial charge on any atom is 0.303 e. The van der Waals surface area contributed by atoms with Crippen molar-refractivity contribution in [2.24, 2.45) is 11.8 Å². The van der Waals surface area contributed by atoms with Crippen molar-refractivity contribution in [3.63, 3.8) is 0 Å². The smallest absolute Gasteiger partial charge is 0.303 e. The molecule has 3 N–H and O–H groups in total. The summed E-state index contributed by atoms with van der Waals surface area (Å²) in [6.07, 6.45) is 3.91. The van der Waals surface area contributed by atoms with Gasteiger partial charge in [-0.2, -0.15) is 0 Å². The average Bonchev–Trinajstić information content (AvgIpc) is 2.93. The van der Waals surface area contributed by atoms with Crippen LogP contribution in [0.1, 0.15) is 19.3 Å². The first kappa shape index (κ1) is 20.7. The van der Waals surface area contributed by atoms with Crippen molar-refractivity contribution < 1.29 is 29.6 Å². The van der Waals surface area contributed by atoms with Crippen LogP contribution in [-0.2, 0) is 9.53 Å². The lowest BCUT2D eigenvalue weighted by molar-refractivity contribution is -0.138. The number of aliphatic carboxylic acids is 1. The van der Waals surface area contributed by atoms with E-state index in [-0.39, 0.29) is 38.1 Å². The Balaban J connectivity index is 1.98. The lowest BCUT2D eigenvalue weighted by Crippen LogP contribution is -2.23. The summed E-state index contributed by atoms with van der Waals surface area (Å²) in [6.45, 7) is 0.248. The molecule has 0 amide bonds. The first-order valence-corrected chi connectivity index (χ1v) is 9.06. The number of aliphatic hydroxyl groups is 2. The molecule has 1 aromatic rings. The molecular weight excluding hydrogens is 360 g/mol. The molecule has 2 rings (SSSR count). The molecule has 0 bridgehead atoms. The molecule has 1 aliphatic carbocycles. The molecule has 0 radical (unpaired) electrons. The summed E-state index contributed by atoms with van der Waals surface area (Å²) < 4.78 is 11.2. The minimum absolute atomic E-state index is 0.0350. The molecule has 0 aliphatic heterocycles. The Kier molecular flexibility index (Phi) is 8.38. The van der Waals surface area contributed by atoms with Gasteiger partial charge in [0.1, 0.15) is 18.5 Å². The van der Waals surface area contributed by atoms with E-state index in [0.29, 0.717) is 23.6 Å². The van der Waals surface area contributed by atoms with Gasteiger partial charge in [0, 0.05) is 17.4 Å². The Labute approximate surface area is 158 Å². The monoisotopic (exact) mass is 384 g/mol. The van der Waals surface area contributed by atoms with Crippen molar-refractivity contribution >= 4 is 17.6 Å². The topological polar surface area (TPSA) is 96.2 Å². The van der Waals surface area contributed by atoms with Gasteiger partial charge in [-0.15, -0.1) is 0 Å². The van der Waals surface area contributed by atoms with Gasteiger partial charge in [0.05, 0.1) is 19.3 Å². The molecule has 2 unspecified atom stereocenters. The van der Waals surface area contributed by atoms with Crippen molar-refractivity contribution in [2.45, 2.75) is 31.5 Å². The molecule has 7 heteroatoms. The fourth-order valence-electron chi connectivity index (χ4n) is 3.18. The zero-order valence-corrected chi connectivity index (χ0v) is 15.2. The van der Waals surface area contributed by atoms with Gasteiger partial charge in [-0.25, -0.2) is 0 Å². The van der Waals surface area contributed by atoms with Gasteiger partial charge in [-0.1, -0.05) is 29.8 Å². The number of rotatable bonds is 10. The van der Waals surface area contributed by atoms with Gasteiger partial charge >= 0.3 is 5.97 Å². The third-order valence-electron chi connectivity index (χ3n) is 4.44. The molecule has 6 nitrogen and oxygen atoms in total. The fourth-order valence-corrected chi connectivity index (χ4v) is 3.36. The van der Waals surface area contributed by atoms with Crippen LogP contribution in [0.2, 0.25) is 5.02 Å². The van der Waals surface area contributed by atoms with Gasteiger partial charge in [0.2, 0.25) is 0 Å². The number of carboxylic acids is 1. The zero-order chi connectivity index (χ0) is 18.9. The van der Waals surface area contributed by atoms with Crippen LogP contribution in [0.5, 0.6) is 5.75 Å². The van der Waals surface area contributed by atoms with Gasteiger partial charge in [0.15, 0.2) is 0 Å². The van der Waals surface area contributed by atoms with E-state index in [4.69, 9.17) is 31.3 Å². The molecule has 1 fully saturated rings. The van der Waals surface area contributed by atoms with Crippen molar-refractivity contribution in [3.8, 4) is 5.75 Å². The van der Waals surface area contributed by atoms with Crippen molar-refractivity contribution in [3.05, 3.63) is 41.4 Å². The maximum atomic E-state index is 11.0. The summed E-state index contributed by atoms with van der Waals surface area (Å²) in [7, 11) is 0. The molecule has 0 spiro atoms. The first-order chi connectivity index (χ1) is 12.5. The summed E-state index contributed by atoms with van der Waals surface area (Å²) in [5.41, 5.74) is 0. The predicted molar refractivity (Wildman–Crippen MR) is 97.4 cm³/mol. The van der Waals surface area contributed by atoms with Gasteiger partial charge in [-0.05, 0) is 37.0 Å². The Morgan fingerprint density at radius 2 is 2.19 bits per heavy atom. The van der Waals surface area contributed by atoms with Crippen LogP contribution in [-0.4, -0.2) is 53.3 Å². The largest absolute Gasteiger partial charge is 0.490 e. The van der Waals surface area contributed by atoms with Crippen LogP contribution in [0.25, 0.3) is 0 Å². The molecule has 0 aromatic heterocycles. The minimum atomic E-state index is -0.861. The standard InChI is InChI=1S/C19H25ClO6/c20-14-2-1-3-15(11-14)26-12-16(25-9-8-21)5-6-17-13(10-19(23)24)4-7-18(17)22/h1-3,5-6,11,13,16-18,21-22H,4,7-10,12H2,(H,23,24)/b6-5+/t13-,16?,17?,18-/m1/s1. The second-order valence-corrected chi connectivity index (χ2v) is 6.80. The summed E-state index contributed by atoms with van der Waals surface area (Å²) in [4.78, 5) is 11.0. The average molecular weight is 385 g/mol. The molecule has 144 valence electrons. The van der Waals surface area contributed by atoms with E-state index in [1.807, 2.05) is 6.08 Å². The lowest BCUT2D eigenvalue weighted by Gasteiger charge is -2.19. The zero-order valence-electron chi connectivity index (χ0n) is 14.5. The second kappa shape index (κ2) is 10.5. The van der Waals surface area contributed by atoms with Crippen molar-refractivity contribution in [1.82, 2.24) is 0 Å². The molecule has 0 saturated heterocycles. The summed E-state index contributed by atoms with van der Waals surface area (Å²) in [5, 5.41) is 28.7. The third-order valence-corrected chi connectivity index (χ3v) is 4.68. The Morgan fingerprint density at radius 3 is 2.88 bits per heavy atom. The van der Waals surface area contributed by atoms with Crippen LogP contribution >= 0.6 is 11.6 Å². The van der Waals surface area contributed by atoms with Crippen molar-refractivity contribution in [1.29, 1.82) is 0 Å². The minimum Gasteiger partial charge on any atom is -0.490 e. The highest BCUT2D eigenvalue weighted by molar-refractivity contribution is 6.30. The summed E-state index contributed by atoms with van der Waals surface area (Å²) in [6, 6.07) is 7.00. The Bertz CT molecular complexity index is 605. The highest BCUT2D eigenvalue weighted by Gasteiger charge is 2.34. The normalized spacial score (nSPS) is 24.0. The van der Waals surface area contributed by atoms with Crippen molar-refractivity contribution in [2.75, 3.05) is 19.8 Å². The number of ether oxygens (including phenoxy) is 2. The number of halogens is 1. The third kappa shape index (κ3) is 6.61. The van der Waals surface area contributed by atoms with Gasteiger partial charge in [-0.3, -0.25) is 4.79 Å². The van der Waals surface area contributed by atoms with E-state index in [1.165, 1.54) is 0 Å². The SMILES string of the molecule is O=C(O)C[C@H]1CC[C@@H](O)C1/C=C/C(COc1cccc(Cl)c1)OCCO. The van der Waals surface area contributed by atoms with Gasteiger partial charge < -0.3 is 24.8 Å².